The number of carboxylic acids is 1. The summed E-state index contributed by atoms with van der Waals surface area (Å²) in [7, 11) is -3.91. The fourth-order valence-corrected chi connectivity index (χ4v) is 4.81. The molecular formula is C22H24ClF4N3O5S. The molecule has 8 nitrogen and oxygen atoms in total. The number of benzene rings is 2. The second kappa shape index (κ2) is 13.0. The van der Waals surface area contributed by atoms with Crippen molar-refractivity contribution >= 4 is 33.5 Å². The molecule has 2 aromatic rings. The van der Waals surface area contributed by atoms with Gasteiger partial charge in [0.1, 0.15) is 5.82 Å². The number of amides is 1. The van der Waals surface area contributed by atoms with E-state index in [2.05, 4.69) is 5.32 Å². The number of rotatable bonds is 7. The maximum atomic E-state index is 13.2. The van der Waals surface area contributed by atoms with Gasteiger partial charge in [-0.1, -0.05) is 23.7 Å². The second-order valence-electron chi connectivity index (χ2n) is 7.61. The molecule has 1 heterocycles. The van der Waals surface area contributed by atoms with E-state index in [-0.39, 0.29) is 30.3 Å². The molecule has 1 amide bonds. The largest absolute Gasteiger partial charge is 0.490 e. The Hall–Kier alpha value is -2.74. The molecule has 0 aliphatic carbocycles. The van der Waals surface area contributed by atoms with E-state index in [0.29, 0.717) is 23.7 Å². The number of hydrogen-bond donors (Lipinski definition) is 2. The zero-order chi connectivity index (χ0) is 26.9. The van der Waals surface area contributed by atoms with Crippen molar-refractivity contribution in [3.63, 3.8) is 0 Å². The van der Waals surface area contributed by atoms with E-state index in [9.17, 15) is 30.8 Å². The van der Waals surface area contributed by atoms with Crippen LogP contribution in [0.15, 0.2) is 53.4 Å². The molecule has 0 aromatic heterocycles. The molecule has 0 saturated carbocycles. The van der Waals surface area contributed by atoms with Gasteiger partial charge in [0.25, 0.3) is 0 Å². The first-order chi connectivity index (χ1) is 16.8. The van der Waals surface area contributed by atoms with E-state index in [1.165, 1.54) is 16.4 Å². The fraction of sp³-hybridized carbons (Fsp3) is 0.364. The summed E-state index contributed by atoms with van der Waals surface area (Å²) in [6.07, 6.45) is -5.01. The average molecular weight is 554 g/mol. The van der Waals surface area contributed by atoms with E-state index < -0.39 is 28.0 Å². The van der Waals surface area contributed by atoms with Crippen LogP contribution < -0.4 is 5.32 Å². The standard InChI is InChI=1S/C20H23ClFN3O3S.C2HF3O2/c21-17-3-1-2-16(14-17)15-25(11-8-20(26)24-12-9-23-10-13-24)29(27,28)19-6-4-18(22)5-7-19;3-2(4,5)1(6)7/h1-7,14,23H,8-13,15H2;(H,6,7). The Morgan fingerprint density at radius 3 is 2.19 bits per heavy atom. The maximum Gasteiger partial charge on any atom is 0.490 e. The van der Waals surface area contributed by atoms with Crippen LogP contribution in [0.3, 0.4) is 0 Å². The number of sulfonamides is 1. The third-order valence-corrected chi connectivity index (χ3v) is 7.08. The van der Waals surface area contributed by atoms with Crippen molar-refractivity contribution in [2.75, 3.05) is 32.7 Å². The molecule has 0 unspecified atom stereocenters. The molecule has 14 heteroatoms. The van der Waals surface area contributed by atoms with E-state index >= 15 is 0 Å². The summed E-state index contributed by atoms with van der Waals surface area (Å²) in [6.45, 7) is 2.76. The smallest absolute Gasteiger partial charge is 0.475 e. The molecule has 0 radical (unpaired) electrons. The minimum Gasteiger partial charge on any atom is -0.475 e. The van der Waals surface area contributed by atoms with Crippen molar-refractivity contribution in [1.29, 1.82) is 0 Å². The minimum atomic E-state index is -5.08. The number of alkyl halides is 3. The van der Waals surface area contributed by atoms with Crippen molar-refractivity contribution in [2.45, 2.75) is 24.0 Å². The van der Waals surface area contributed by atoms with Crippen LogP contribution in [0.5, 0.6) is 0 Å². The SMILES string of the molecule is O=C(CCN(Cc1cccc(Cl)c1)S(=O)(=O)c1ccc(F)cc1)N1CCNCC1.O=C(O)C(F)(F)F. The van der Waals surface area contributed by atoms with Gasteiger partial charge in [0, 0.05) is 50.7 Å². The normalized spacial score (nSPS) is 14.2. The van der Waals surface area contributed by atoms with Crippen molar-refractivity contribution in [1.82, 2.24) is 14.5 Å². The molecule has 1 saturated heterocycles. The maximum absolute atomic E-state index is 13.2. The molecule has 0 bridgehead atoms. The lowest BCUT2D eigenvalue weighted by Crippen LogP contribution is -2.47. The fourth-order valence-electron chi connectivity index (χ4n) is 3.17. The third kappa shape index (κ3) is 9.04. The highest BCUT2D eigenvalue weighted by atomic mass is 35.5. The van der Waals surface area contributed by atoms with Gasteiger partial charge in [-0.2, -0.15) is 17.5 Å². The molecule has 3 rings (SSSR count). The molecule has 1 aliphatic heterocycles. The molecule has 0 spiro atoms. The molecule has 1 fully saturated rings. The van der Waals surface area contributed by atoms with Crippen molar-refractivity contribution in [3.05, 3.63) is 64.9 Å². The predicted octanol–water partition coefficient (Wildman–Crippen LogP) is 3.13. The van der Waals surface area contributed by atoms with Gasteiger partial charge in [-0.25, -0.2) is 17.6 Å². The number of nitrogens with zero attached hydrogens (tertiary/aromatic N) is 2. The number of carbonyl (C=O) groups excluding carboxylic acids is 1. The lowest BCUT2D eigenvalue weighted by Gasteiger charge is -2.29. The number of nitrogens with one attached hydrogen (secondary N) is 1. The Bertz CT molecular complexity index is 1140. The van der Waals surface area contributed by atoms with Crippen molar-refractivity contribution in [2.24, 2.45) is 0 Å². The summed E-state index contributed by atoms with van der Waals surface area (Å²) < 4.78 is 72.5. The Kier molecular flexibility index (Phi) is 10.6. The Labute approximate surface area is 210 Å². The second-order valence-corrected chi connectivity index (χ2v) is 9.98. The van der Waals surface area contributed by atoms with Crippen LogP contribution in [0.25, 0.3) is 0 Å². The van der Waals surface area contributed by atoms with E-state index in [0.717, 1.165) is 25.2 Å². The lowest BCUT2D eigenvalue weighted by atomic mass is 10.2. The van der Waals surface area contributed by atoms with Crippen LogP contribution in [0.4, 0.5) is 17.6 Å². The molecule has 2 N–H and O–H groups in total. The van der Waals surface area contributed by atoms with Gasteiger partial charge in [-0.15, -0.1) is 0 Å². The number of carboxylic acid groups (broad SMARTS) is 1. The van der Waals surface area contributed by atoms with Gasteiger partial charge < -0.3 is 15.3 Å². The minimum absolute atomic E-state index is 0.0180. The Morgan fingerprint density at radius 1 is 1.08 bits per heavy atom. The Morgan fingerprint density at radius 2 is 1.67 bits per heavy atom. The van der Waals surface area contributed by atoms with Gasteiger partial charge in [0.2, 0.25) is 15.9 Å². The van der Waals surface area contributed by atoms with Crippen LogP contribution in [-0.4, -0.2) is 73.5 Å². The third-order valence-electron chi connectivity index (χ3n) is 4.99. The molecule has 1 aliphatic rings. The van der Waals surface area contributed by atoms with E-state index in [1.807, 2.05) is 0 Å². The Balaban J connectivity index is 0.000000572. The van der Waals surface area contributed by atoms with Gasteiger partial charge in [0.15, 0.2) is 0 Å². The van der Waals surface area contributed by atoms with Crippen molar-refractivity contribution < 1.29 is 40.7 Å². The molecule has 0 atom stereocenters. The first-order valence-electron chi connectivity index (χ1n) is 10.6. The van der Waals surface area contributed by atoms with Crippen LogP contribution in [0, 0.1) is 5.82 Å². The number of halogens is 5. The van der Waals surface area contributed by atoms with Crippen LogP contribution in [-0.2, 0) is 26.2 Å². The van der Waals surface area contributed by atoms with Crippen LogP contribution >= 0.6 is 11.6 Å². The van der Waals surface area contributed by atoms with Gasteiger partial charge in [-0.05, 0) is 42.0 Å². The zero-order valence-electron chi connectivity index (χ0n) is 18.8. The summed E-state index contributed by atoms with van der Waals surface area (Å²) >= 11 is 6.03. The molecular weight excluding hydrogens is 530 g/mol. The van der Waals surface area contributed by atoms with E-state index in [1.54, 1.807) is 29.2 Å². The summed E-state index contributed by atoms with van der Waals surface area (Å²) in [4.78, 5) is 23.1. The summed E-state index contributed by atoms with van der Waals surface area (Å²) in [5.74, 6) is -3.36. The topological polar surface area (TPSA) is 107 Å². The van der Waals surface area contributed by atoms with Gasteiger partial charge >= 0.3 is 12.1 Å². The highest BCUT2D eigenvalue weighted by Crippen LogP contribution is 2.21. The van der Waals surface area contributed by atoms with Crippen LogP contribution in [0.1, 0.15) is 12.0 Å². The first kappa shape index (κ1) is 29.5. The highest BCUT2D eigenvalue weighted by Gasteiger charge is 2.38. The molecule has 198 valence electrons. The lowest BCUT2D eigenvalue weighted by molar-refractivity contribution is -0.192. The number of hydrogen-bond acceptors (Lipinski definition) is 5. The number of carbonyl (C=O) groups is 2. The molecule has 36 heavy (non-hydrogen) atoms. The summed E-state index contributed by atoms with van der Waals surface area (Å²) in [5.41, 5.74) is 0.706. The van der Waals surface area contributed by atoms with E-state index in [4.69, 9.17) is 21.5 Å². The predicted molar refractivity (Wildman–Crippen MR) is 123 cm³/mol. The summed E-state index contributed by atoms with van der Waals surface area (Å²) in [5, 5.41) is 10.8. The van der Waals surface area contributed by atoms with Crippen molar-refractivity contribution in [3.8, 4) is 0 Å². The first-order valence-corrected chi connectivity index (χ1v) is 12.4. The number of piperazine rings is 1. The van der Waals surface area contributed by atoms with Gasteiger partial charge in [0.05, 0.1) is 4.90 Å². The van der Waals surface area contributed by atoms with Crippen LogP contribution in [0.2, 0.25) is 5.02 Å². The monoisotopic (exact) mass is 553 g/mol. The highest BCUT2D eigenvalue weighted by molar-refractivity contribution is 7.89. The summed E-state index contributed by atoms with van der Waals surface area (Å²) in [6, 6.07) is 11.6. The average Bonchev–Trinajstić information content (AvgIpc) is 2.82. The quantitative estimate of drug-likeness (QED) is 0.510. The van der Waals surface area contributed by atoms with Gasteiger partial charge in [-0.3, -0.25) is 4.79 Å². The zero-order valence-corrected chi connectivity index (χ0v) is 20.4. The number of aliphatic carboxylic acids is 1. The molecule has 2 aromatic carbocycles.